The van der Waals surface area contributed by atoms with Gasteiger partial charge in [-0.3, -0.25) is 4.68 Å². The third kappa shape index (κ3) is 3.60. The summed E-state index contributed by atoms with van der Waals surface area (Å²) in [5.74, 6) is 0.897. The van der Waals surface area contributed by atoms with Crippen LogP contribution in [0, 0.1) is 0 Å². The van der Waals surface area contributed by atoms with Crippen molar-refractivity contribution in [1.82, 2.24) is 15.1 Å². The van der Waals surface area contributed by atoms with E-state index in [-0.39, 0.29) is 0 Å². The normalized spacial score (nSPS) is 10.6. The van der Waals surface area contributed by atoms with Gasteiger partial charge in [-0.25, -0.2) is 0 Å². The van der Waals surface area contributed by atoms with Gasteiger partial charge in [-0.1, -0.05) is 19.1 Å². The minimum absolute atomic E-state index is 0.554. The molecule has 0 aliphatic carbocycles. The number of nitrogens with zero attached hydrogens (tertiary/aromatic N) is 2. The van der Waals surface area contributed by atoms with Crippen LogP contribution in [0.4, 0.5) is 0 Å². The Morgan fingerprint density at radius 2 is 2.22 bits per heavy atom. The summed E-state index contributed by atoms with van der Waals surface area (Å²) in [6, 6.07) is 8.16. The van der Waals surface area contributed by atoms with Crippen molar-refractivity contribution in [3.8, 4) is 5.75 Å². The van der Waals surface area contributed by atoms with Crippen LogP contribution in [0.5, 0.6) is 5.75 Å². The zero-order valence-electron chi connectivity index (χ0n) is 10.9. The first-order valence-electron chi connectivity index (χ1n) is 6.18. The Bertz CT molecular complexity index is 493. The summed E-state index contributed by atoms with van der Waals surface area (Å²) < 4.78 is 7.52. The van der Waals surface area contributed by atoms with Crippen molar-refractivity contribution in [2.45, 2.75) is 20.1 Å². The lowest BCUT2D eigenvalue weighted by atomic mass is 10.2. The molecule has 4 nitrogen and oxygen atoms in total. The van der Waals surface area contributed by atoms with Crippen molar-refractivity contribution in [3.63, 3.8) is 0 Å². The van der Waals surface area contributed by atoms with Gasteiger partial charge >= 0.3 is 0 Å². The number of nitrogens with one attached hydrogen (secondary N) is 1. The number of hydrogen-bond acceptors (Lipinski definition) is 3. The topological polar surface area (TPSA) is 39.1 Å². The summed E-state index contributed by atoms with van der Waals surface area (Å²) >= 11 is 0. The molecule has 2 aromatic rings. The maximum Gasteiger partial charge on any atom is 0.120 e. The van der Waals surface area contributed by atoms with E-state index in [0.717, 1.165) is 24.4 Å². The molecule has 4 heteroatoms. The smallest absolute Gasteiger partial charge is 0.120 e. The van der Waals surface area contributed by atoms with Crippen LogP contribution in [-0.2, 0) is 20.2 Å². The molecule has 96 valence electrons. The second-order valence-corrected chi connectivity index (χ2v) is 4.24. The molecule has 0 fully saturated rings. The van der Waals surface area contributed by atoms with E-state index in [1.807, 2.05) is 31.6 Å². The predicted molar refractivity (Wildman–Crippen MR) is 71.4 cm³/mol. The molecule has 0 aliphatic rings. The molecule has 0 spiro atoms. The maximum absolute atomic E-state index is 5.74. The molecule has 0 unspecified atom stereocenters. The van der Waals surface area contributed by atoms with Crippen molar-refractivity contribution in [2.24, 2.45) is 7.05 Å². The molecule has 18 heavy (non-hydrogen) atoms. The molecule has 0 aliphatic heterocycles. The minimum Gasteiger partial charge on any atom is -0.489 e. The van der Waals surface area contributed by atoms with E-state index >= 15 is 0 Å². The molecule has 1 heterocycles. The molecule has 0 saturated carbocycles. The summed E-state index contributed by atoms with van der Waals surface area (Å²) in [6.07, 6.45) is 3.78. The molecule has 0 atom stereocenters. The van der Waals surface area contributed by atoms with E-state index in [1.54, 1.807) is 4.68 Å². The Kier molecular flexibility index (Phi) is 4.36. The van der Waals surface area contributed by atoms with Gasteiger partial charge in [0.2, 0.25) is 0 Å². The van der Waals surface area contributed by atoms with Crippen LogP contribution in [-0.4, -0.2) is 16.3 Å². The van der Waals surface area contributed by atoms with Gasteiger partial charge in [-0.15, -0.1) is 0 Å². The zero-order valence-corrected chi connectivity index (χ0v) is 10.9. The third-order valence-corrected chi connectivity index (χ3v) is 2.64. The van der Waals surface area contributed by atoms with Crippen LogP contribution < -0.4 is 10.1 Å². The van der Waals surface area contributed by atoms with Crippen LogP contribution in [0.25, 0.3) is 0 Å². The quantitative estimate of drug-likeness (QED) is 0.847. The molecule has 0 saturated heterocycles. The van der Waals surface area contributed by atoms with E-state index in [4.69, 9.17) is 4.74 Å². The van der Waals surface area contributed by atoms with E-state index in [0.29, 0.717) is 6.61 Å². The third-order valence-electron chi connectivity index (χ3n) is 2.64. The van der Waals surface area contributed by atoms with Crippen molar-refractivity contribution < 1.29 is 4.74 Å². The van der Waals surface area contributed by atoms with Gasteiger partial charge in [0.25, 0.3) is 0 Å². The van der Waals surface area contributed by atoms with Crippen molar-refractivity contribution >= 4 is 0 Å². The number of hydrogen-bond donors (Lipinski definition) is 1. The molecule has 1 aromatic heterocycles. The molecule has 2 rings (SSSR count). The first kappa shape index (κ1) is 12.6. The zero-order chi connectivity index (χ0) is 12.8. The van der Waals surface area contributed by atoms with Gasteiger partial charge in [0, 0.05) is 25.4 Å². The SMILES string of the molecule is CCNCc1cccc(OCc2cnn(C)c2)c1. The standard InChI is InChI=1S/C14H19N3O/c1-3-15-8-12-5-4-6-14(7-12)18-11-13-9-16-17(2)10-13/h4-7,9-10,15H,3,8,11H2,1-2H3. The Labute approximate surface area is 108 Å². The summed E-state index contributed by atoms with van der Waals surface area (Å²) in [6.45, 7) is 4.50. The van der Waals surface area contributed by atoms with E-state index in [2.05, 4.69) is 29.5 Å². The lowest BCUT2D eigenvalue weighted by Crippen LogP contribution is -2.11. The number of rotatable bonds is 6. The lowest BCUT2D eigenvalue weighted by Gasteiger charge is -2.07. The second-order valence-electron chi connectivity index (χ2n) is 4.24. The average Bonchev–Trinajstić information content (AvgIpc) is 2.80. The van der Waals surface area contributed by atoms with Crippen LogP contribution >= 0.6 is 0 Å². The Balaban J connectivity index is 1.92. The summed E-state index contributed by atoms with van der Waals surface area (Å²) in [5.41, 5.74) is 2.31. The largest absolute Gasteiger partial charge is 0.489 e. The van der Waals surface area contributed by atoms with Crippen molar-refractivity contribution in [3.05, 3.63) is 47.8 Å². The number of benzene rings is 1. The first-order chi connectivity index (χ1) is 8.78. The summed E-state index contributed by atoms with van der Waals surface area (Å²) in [7, 11) is 1.90. The predicted octanol–water partition coefficient (Wildman–Crippen LogP) is 2.11. The fraction of sp³-hybridized carbons (Fsp3) is 0.357. The highest BCUT2D eigenvalue weighted by Gasteiger charge is 1.99. The molecular weight excluding hydrogens is 226 g/mol. The van der Waals surface area contributed by atoms with Crippen molar-refractivity contribution in [2.75, 3.05) is 6.54 Å². The monoisotopic (exact) mass is 245 g/mol. The highest BCUT2D eigenvalue weighted by atomic mass is 16.5. The van der Waals surface area contributed by atoms with Crippen molar-refractivity contribution in [1.29, 1.82) is 0 Å². The van der Waals surface area contributed by atoms with Gasteiger partial charge < -0.3 is 10.1 Å². The van der Waals surface area contributed by atoms with E-state index < -0.39 is 0 Å². The minimum atomic E-state index is 0.554. The number of aromatic nitrogens is 2. The number of ether oxygens (including phenoxy) is 1. The van der Waals surface area contributed by atoms with Crippen LogP contribution in [0.3, 0.4) is 0 Å². The molecule has 1 N–H and O–H groups in total. The number of aryl methyl sites for hydroxylation is 1. The average molecular weight is 245 g/mol. The fourth-order valence-electron chi connectivity index (χ4n) is 1.73. The Morgan fingerprint density at radius 1 is 1.33 bits per heavy atom. The van der Waals surface area contributed by atoms with Crippen LogP contribution in [0.2, 0.25) is 0 Å². The van der Waals surface area contributed by atoms with Gasteiger partial charge in [0.1, 0.15) is 12.4 Å². The maximum atomic E-state index is 5.74. The van der Waals surface area contributed by atoms with Gasteiger partial charge in [0.05, 0.1) is 6.20 Å². The molecule has 0 radical (unpaired) electrons. The highest BCUT2D eigenvalue weighted by molar-refractivity contribution is 5.28. The molecular formula is C14H19N3O. The molecule has 0 bridgehead atoms. The van der Waals surface area contributed by atoms with Gasteiger partial charge in [-0.05, 0) is 24.2 Å². The van der Waals surface area contributed by atoms with E-state index in [9.17, 15) is 0 Å². The Morgan fingerprint density at radius 3 is 2.94 bits per heavy atom. The van der Waals surface area contributed by atoms with Crippen LogP contribution in [0.15, 0.2) is 36.7 Å². The molecule has 0 amide bonds. The lowest BCUT2D eigenvalue weighted by molar-refractivity contribution is 0.305. The summed E-state index contributed by atoms with van der Waals surface area (Å²) in [4.78, 5) is 0. The first-order valence-corrected chi connectivity index (χ1v) is 6.18. The highest BCUT2D eigenvalue weighted by Crippen LogP contribution is 2.14. The summed E-state index contributed by atoms with van der Waals surface area (Å²) in [5, 5.41) is 7.41. The van der Waals surface area contributed by atoms with E-state index in [1.165, 1.54) is 5.56 Å². The second kappa shape index (κ2) is 6.21. The Hall–Kier alpha value is -1.81. The van der Waals surface area contributed by atoms with Crippen LogP contribution in [0.1, 0.15) is 18.1 Å². The van der Waals surface area contributed by atoms with Gasteiger partial charge in [0.15, 0.2) is 0 Å². The fourth-order valence-corrected chi connectivity index (χ4v) is 1.73. The molecule has 1 aromatic carbocycles. The van der Waals surface area contributed by atoms with Gasteiger partial charge in [-0.2, -0.15) is 5.10 Å².